The third kappa shape index (κ3) is 2.99. The topological polar surface area (TPSA) is 35.6 Å². The smallest absolute Gasteiger partial charge is 0.320 e. The van der Waals surface area contributed by atoms with Crippen LogP contribution >= 0.6 is 11.8 Å². The number of alkyl halides is 2. The summed E-state index contributed by atoms with van der Waals surface area (Å²) < 4.78 is 30.0. The number of hydrogen-bond acceptors (Lipinski definition) is 3. The first-order valence-electron chi connectivity index (χ1n) is 8.09. The predicted molar refractivity (Wildman–Crippen MR) is 99.2 cm³/mol. The quantitative estimate of drug-likeness (QED) is 0.457. The minimum atomic E-state index is -2.63. The van der Waals surface area contributed by atoms with Crippen LogP contribution < -0.4 is 0 Å². The Morgan fingerprint density at radius 3 is 2.54 bits per heavy atom. The fraction of sp³-hybridized carbons (Fsp3) is 0.158. The number of imidazole rings is 2. The van der Waals surface area contributed by atoms with Gasteiger partial charge in [-0.3, -0.25) is 4.57 Å². The van der Waals surface area contributed by atoms with E-state index in [4.69, 9.17) is 0 Å². The predicted octanol–water partition coefficient (Wildman–Crippen LogP) is 5.12. The van der Waals surface area contributed by atoms with Crippen molar-refractivity contribution in [2.75, 3.05) is 0 Å². The SMILES string of the molecule is Cn1c(-c2ccccc2)cnc1SCc1nc2ccccc2n1C(F)F. The summed E-state index contributed by atoms with van der Waals surface area (Å²) in [5.74, 6) is 0.661. The molecule has 0 aliphatic heterocycles. The molecule has 0 N–H and O–H groups in total. The molecule has 0 saturated carbocycles. The minimum absolute atomic E-state index is 0.318. The Labute approximate surface area is 153 Å². The number of rotatable bonds is 5. The van der Waals surface area contributed by atoms with Crippen LogP contribution in [-0.2, 0) is 12.8 Å². The zero-order valence-corrected chi connectivity index (χ0v) is 14.8. The minimum Gasteiger partial charge on any atom is -0.322 e. The number of aromatic nitrogens is 4. The fourth-order valence-corrected chi connectivity index (χ4v) is 3.83. The van der Waals surface area contributed by atoms with Gasteiger partial charge in [-0.05, 0) is 17.7 Å². The molecule has 4 rings (SSSR count). The van der Waals surface area contributed by atoms with Gasteiger partial charge in [0.2, 0.25) is 0 Å². The lowest BCUT2D eigenvalue weighted by Crippen LogP contribution is -2.04. The first-order valence-corrected chi connectivity index (χ1v) is 9.07. The largest absolute Gasteiger partial charge is 0.322 e. The number of fused-ring (bicyclic) bond motifs is 1. The maximum Gasteiger partial charge on any atom is 0.320 e. The van der Waals surface area contributed by atoms with Crippen molar-refractivity contribution in [1.82, 2.24) is 19.1 Å². The molecule has 0 unspecified atom stereocenters. The second-order valence-electron chi connectivity index (χ2n) is 5.80. The van der Waals surface area contributed by atoms with E-state index in [0.29, 0.717) is 22.6 Å². The first-order chi connectivity index (χ1) is 12.6. The van der Waals surface area contributed by atoms with Gasteiger partial charge >= 0.3 is 6.55 Å². The lowest BCUT2D eigenvalue weighted by molar-refractivity contribution is 0.0722. The van der Waals surface area contributed by atoms with Gasteiger partial charge in [0.25, 0.3) is 0 Å². The van der Waals surface area contributed by atoms with E-state index in [0.717, 1.165) is 21.0 Å². The number of para-hydroxylation sites is 2. The molecule has 132 valence electrons. The second kappa shape index (κ2) is 6.92. The summed E-state index contributed by atoms with van der Waals surface area (Å²) in [4.78, 5) is 8.81. The van der Waals surface area contributed by atoms with E-state index in [1.54, 1.807) is 30.5 Å². The molecule has 0 radical (unpaired) electrons. The van der Waals surface area contributed by atoms with Crippen LogP contribution in [0.15, 0.2) is 66.0 Å². The average Bonchev–Trinajstić information content (AvgIpc) is 3.21. The molecule has 0 aliphatic rings. The van der Waals surface area contributed by atoms with Gasteiger partial charge in [0, 0.05) is 7.05 Å². The maximum absolute atomic E-state index is 13.5. The van der Waals surface area contributed by atoms with Crippen LogP contribution in [0.4, 0.5) is 8.78 Å². The number of benzene rings is 2. The van der Waals surface area contributed by atoms with E-state index in [-0.39, 0.29) is 0 Å². The van der Waals surface area contributed by atoms with Gasteiger partial charge in [0.1, 0.15) is 5.82 Å². The van der Waals surface area contributed by atoms with Crippen LogP contribution in [0.3, 0.4) is 0 Å². The Kier molecular flexibility index (Phi) is 4.46. The maximum atomic E-state index is 13.5. The Morgan fingerprint density at radius 2 is 1.77 bits per heavy atom. The normalized spacial score (nSPS) is 11.5. The molecule has 0 atom stereocenters. The Bertz CT molecular complexity index is 1040. The van der Waals surface area contributed by atoms with Crippen molar-refractivity contribution in [2.24, 2.45) is 7.05 Å². The number of nitrogens with zero attached hydrogens (tertiary/aromatic N) is 4. The van der Waals surface area contributed by atoms with Gasteiger partial charge in [-0.15, -0.1) is 0 Å². The highest BCUT2D eigenvalue weighted by Gasteiger charge is 2.18. The van der Waals surface area contributed by atoms with E-state index in [1.165, 1.54) is 11.8 Å². The molecule has 2 aromatic heterocycles. The molecule has 4 nitrogen and oxygen atoms in total. The molecular weight excluding hydrogens is 354 g/mol. The number of hydrogen-bond donors (Lipinski definition) is 0. The van der Waals surface area contributed by atoms with E-state index in [9.17, 15) is 8.78 Å². The molecule has 7 heteroatoms. The van der Waals surface area contributed by atoms with E-state index >= 15 is 0 Å². The summed E-state index contributed by atoms with van der Waals surface area (Å²) in [5.41, 5.74) is 3.07. The van der Waals surface area contributed by atoms with Crippen molar-refractivity contribution >= 4 is 22.8 Å². The molecule has 4 aromatic rings. The van der Waals surface area contributed by atoms with Crippen LogP contribution in [-0.4, -0.2) is 19.1 Å². The molecular formula is C19H16F2N4S. The van der Waals surface area contributed by atoms with Crippen LogP contribution in [0.5, 0.6) is 0 Å². The molecule has 0 saturated heterocycles. The summed E-state index contributed by atoms with van der Waals surface area (Å²) >= 11 is 1.40. The highest BCUT2D eigenvalue weighted by molar-refractivity contribution is 7.98. The van der Waals surface area contributed by atoms with Crippen molar-refractivity contribution in [3.05, 3.63) is 66.6 Å². The monoisotopic (exact) mass is 370 g/mol. The van der Waals surface area contributed by atoms with Crippen LogP contribution in [0.1, 0.15) is 12.4 Å². The summed E-state index contributed by atoms with van der Waals surface area (Å²) in [6, 6.07) is 16.9. The van der Waals surface area contributed by atoms with E-state index in [1.807, 2.05) is 41.9 Å². The summed E-state index contributed by atoms with van der Waals surface area (Å²) in [6.45, 7) is -2.63. The third-order valence-corrected chi connectivity index (χ3v) is 5.25. The van der Waals surface area contributed by atoms with E-state index in [2.05, 4.69) is 9.97 Å². The lowest BCUT2D eigenvalue weighted by atomic mass is 10.2. The van der Waals surface area contributed by atoms with Crippen molar-refractivity contribution in [1.29, 1.82) is 0 Å². The Balaban J connectivity index is 1.62. The standard InChI is InChI=1S/C19H16F2N4S/c1-24-16(13-7-3-2-4-8-13)11-22-19(24)26-12-17-23-14-9-5-6-10-15(14)25(17)18(20)21/h2-11,18H,12H2,1H3. The third-order valence-electron chi connectivity index (χ3n) is 4.21. The molecule has 0 bridgehead atoms. The molecule has 0 aliphatic carbocycles. The van der Waals surface area contributed by atoms with Gasteiger partial charge in [0.05, 0.1) is 28.7 Å². The second-order valence-corrected chi connectivity index (χ2v) is 6.75. The van der Waals surface area contributed by atoms with Gasteiger partial charge in [0.15, 0.2) is 5.16 Å². The zero-order valence-electron chi connectivity index (χ0n) is 14.0. The summed E-state index contributed by atoms with van der Waals surface area (Å²) in [5, 5.41) is 0.761. The number of thioether (sulfide) groups is 1. The van der Waals surface area contributed by atoms with Gasteiger partial charge in [-0.25, -0.2) is 9.97 Å². The fourth-order valence-electron chi connectivity index (χ4n) is 2.95. The Morgan fingerprint density at radius 1 is 1.04 bits per heavy atom. The van der Waals surface area contributed by atoms with Crippen molar-refractivity contribution in [3.8, 4) is 11.3 Å². The van der Waals surface area contributed by atoms with Crippen LogP contribution in [0, 0.1) is 0 Å². The molecule has 2 heterocycles. The molecule has 2 aromatic carbocycles. The summed E-state index contributed by atoms with van der Waals surface area (Å²) in [7, 11) is 1.92. The van der Waals surface area contributed by atoms with Crippen molar-refractivity contribution in [2.45, 2.75) is 17.5 Å². The number of halogens is 2. The van der Waals surface area contributed by atoms with Crippen molar-refractivity contribution < 1.29 is 8.78 Å². The Hall–Kier alpha value is -2.67. The van der Waals surface area contributed by atoms with Crippen LogP contribution in [0.25, 0.3) is 22.3 Å². The highest BCUT2D eigenvalue weighted by atomic mass is 32.2. The average molecular weight is 370 g/mol. The van der Waals surface area contributed by atoms with Crippen molar-refractivity contribution in [3.63, 3.8) is 0 Å². The molecule has 0 amide bonds. The van der Waals surface area contributed by atoms with Gasteiger partial charge < -0.3 is 4.57 Å². The molecule has 0 fully saturated rings. The first kappa shape index (κ1) is 16.8. The van der Waals surface area contributed by atoms with Gasteiger partial charge in [-0.1, -0.05) is 54.2 Å². The molecule has 0 spiro atoms. The lowest BCUT2D eigenvalue weighted by Gasteiger charge is -2.08. The summed E-state index contributed by atoms with van der Waals surface area (Å²) in [6.07, 6.45) is 1.80. The zero-order chi connectivity index (χ0) is 18.1. The molecule has 26 heavy (non-hydrogen) atoms. The van der Waals surface area contributed by atoms with Crippen LogP contribution in [0.2, 0.25) is 0 Å². The van der Waals surface area contributed by atoms with E-state index < -0.39 is 6.55 Å². The van der Waals surface area contributed by atoms with Gasteiger partial charge in [-0.2, -0.15) is 8.78 Å². The highest BCUT2D eigenvalue weighted by Crippen LogP contribution is 2.30.